The maximum absolute atomic E-state index is 9.60. The molecule has 3 heteroatoms. The topological polar surface area (TPSA) is 38.0 Å². The fourth-order valence-electron chi connectivity index (χ4n) is 1.92. The van der Waals surface area contributed by atoms with Crippen LogP contribution in [0.2, 0.25) is 0 Å². The Hall–Kier alpha value is -0.830. The molecule has 0 unspecified atom stereocenters. The maximum atomic E-state index is 9.60. The van der Waals surface area contributed by atoms with Crippen molar-refractivity contribution in [2.24, 2.45) is 7.05 Å². The third kappa shape index (κ3) is 1.25. The van der Waals surface area contributed by atoms with Crippen LogP contribution in [0.15, 0.2) is 12.3 Å². The van der Waals surface area contributed by atoms with Crippen molar-refractivity contribution in [3.05, 3.63) is 18.0 Å². The van der Waals surface area contributed by atoms with Crippen molar-refractivity contribution in [1.82, 2.24) is 9.78 Å². The molecular formula is C9H14N2O. The SMILES string of the molecule is Cn1ccc([C@@H]2CCC[C@H]2O)n1. The van der Waals surface area contributed by atoms with Gasteiger partial charge in [0.15, 0.2) is 0 Å². The van der Waals surface area contributed by atoms with Gasteiger partial charge in [-0.15, -0.1) is 0 Å². The smallest absolute Gasteiger partial charge is 0.0681 e. The van der Waals surface area contributed by atoms with E-state index in [9.17, 15) is 5.11 Å². The Morgan fingerprint density at radius 2 is 2.42 bits per heavy atom. The first-order valence-electron chi connectivity index (χ1n) is 4.45. The highest BCUT2D eigenvalue weighted by Gasteiger charge is 2.28. The minimum absolute atomic E-state index is 0.167. The fraction of sp³-hybridized carbons (Fsp3) is 0.667. The Morgan fingerprint density at radius 1 is 1.58 bits per heavy atom. The molecule has 66 valence electrons. The van der Waals surface area contributed by atoms with E-state index in [4.69, 9.17) is 0 Å². The van der Waals surface area contributed by atoms with Crippen LogP contribution < -0.4 is 0 Å². The third-order valence-electron chi connectivity index (χ3n) is 2.59. The zero-order chi connectivity index (χ0) is 8.55. The van der Waals surface area contributed by atoms with Crippen LogP contribution in [0.25, 0.3) is 0 Å². The van der Waals surface area contributed by atoms with Gasteiger partial charge in [0.1, 0.15) is 0 Å². The molecule has 2 atom stereocenters. The summed E-state index contributed by atoms with van der Waals surface area (Å²) in [7, 11) is 1.91. The van der Waals surface area contributed by atoms with Gasteiger partial charge in [-0.3, -0.25) is 4.68 Å². The van der Waals surface area contributed by atoms with Gasteiger partial charge in [0.05, 0.1) is 11.8 Å². The number of aliphatic hydroxyl groups excluding tert-OH is 1. The Bertz CT molecular complexity index is 269. The van der Waals surface area contributed by atoms with Gasteiger partial charge in [-0.25, -0.2) is 0 Å². The highest BCUT2D eigenvalue weighted by atomic mass is 16.3. The molecule has 0 amide bonds. The molecule has 3 nitrogen and oxygen atoms in total. The molecular weight excluding hydrogens is 152 g/mol. The summed E-state index contributed by atoms with van der Waals surface area (Å²) in [5.74, 6) is 0.284. The van der Waals surface area contributed by atoms with E-state index in [-0.39, 0.29) is 12.0 Å². The van der Waals surface area contributed by atoms with Gasteiger partial charge in [0, 0.05) is 19.2 Å². The van der Waals surface area contributed by atoms with Gasteiger partial charge >= 0.3 is 0 Å². The first kappa shape index (κ1) is 7.80. The van der Waals surface area contributed by atoms with Crippen LogP contribution in [-0.4, -0.2) is 21.0 Å². The van der Waals surface area contributed by atoms with Crippen LogP contribution in [-0.2, 0) is 7.05 Å². The Balaban J connectivity index is 2.19. The Kier molecular flexibility index (Phi) is 1.89. The lowest BCUT2D eigenvalue weighted by atomic mass is 10.0. The average molecular weight is 166 g/mol. The van der Waals surface area contributed by atoms with Gasteiger partial charge in [-0.1, -0.05) is 6.42 Å². The molecule has 1 saturated carbocycles. The van der Waals surface area contributed by atoms with Gasteiger partial charge in [-0.2, -0.15) is 5.10 Å². The minimum atomic E-state index is -0.167. The molecule has 2 rings (SSSR count). The molecule has 1 N–H and O–H groups in total. The van der Waals surface area contributed by atoms with Gasteiger partial charge in [0.2, 0.25) is 0 Å². The molecule has 0 saturated heterocycles. The van der Waals surface area contributed by atoms with Gasteiger partial charge in [-0.05, 0) is 18.9 Å². The van der Waals surface area contributed by atoms with Crippen molar-refractivity contribution in [1.29, 1.82) is 0 Å². The molecule has 1 aliphatic rings. The molecule has 1 aromatic heterocycles. The number of hydrogen-bond acceptors (Lipinski definition) is 2. The quantitative estimate of drug-likeness (QED) is 0.677. The van der Waals surface area contributed by atoms with Crippen molar-refractivity contribution in [2.45, 2.75) is 31.3 Å². The lowest BCUT2D eigenvalue weighted by molar-refractivity contribution is 0.162. The molecule has 1 aromatic rings. The number of aryl methyl sites for hydroxylation is 1. The number of nitrogens with zero attached hydrogens (tertiary/aromatic N) is 2. The van der Waals surface area contributed by atoms with Crippen molar-refractivity contribution < 1.29 is 5.11 Å². The van der Waals surface area contributed by atoms with Gasteiger partial charge in [0.25, 0.3) is 0 Å². The first-order valence-corrected chi connectivity index (χ1v) is 4.45. The van der Waals surface area contributed by atoms with E-state index in [1.807, 2.05) is 19.3 Å². The summed E-state index contributed by atoms with van der Waals surface area (Å²) >= 11 is 0. The fourth-order valence-corrected chi connectivity index (χ4v) is 1.92. The minimum Gasteiger partial charge on any atom is -0.392 e. The van der Waals surface area contributed by atoms with Crippen LogP contribution >= 0.6 is 0 Å². The van der Waals surface area contributed by atoms with Crippen LogP contribution in [0.3, 0.4) is 0 Å². The summed E-state index contributed by atoms with van der Waals surface area (Å²) in [5.41, 5.74) is 1.04. The number of hydrogen-bond donors (Lipinski definition) is 1. The van der Waals surface area contributed by atoms with E-state index in [1.54, 1.807) is 4.68 Å². The Morgan fingerprint density at radius 3 is 2.92 bits per heavy atom. The highest BCUT2D eigenvalue weighted by Crippen LogP contribution is 2.33. The van der Waals surface area contributed by atoms with Crippen molar-refractivity contribution >= 4 is 0 Å². The van der Waals surface area contributed by atoms with Crippen LogP contribution in [0.4, 0.5) is 0 Å². The summed E-state index contributed by atoms with van der Waals surface area (Å²) in [6.45, 7) is 0. The zero-order valence-electron chi connectivity index (χ0n) is 7.27. The molecule has 1 fully saturated rings. The van der Waals surface area contributed by atoms with Gasteiger partial charge < -0.3 is 5.11 Å². The monoisotopic (exact) mass is 166 g/mol. The van der Waals surface area contributed by atoms with Crippen LogP contribution in [0, 0.1) is 0 Å². The summed E-state index contributed by atoms with van der Waals surface area (Å²) in [5, 5.41) is 13.9. The molecule has 0 spiro atoms. The first-order chi connectivity index (χ1) is 5.77. The normalized spacial score (nSPS) is 29.5. The van der Waals surface area contributed by atoms with E-state index in [0.717, 1.165) is 25.0 Å². The average Bonchev–Trinajstić information content (AvgIpc) is 2.58. The highest BCUT2D eigenvalue weighted by molar-refractivity contribution is 5.10. The Labute approximate surface area is 72.0 Å². The number of aromatic nitrogens is 2. The molecule has 12 heavy (non-hydrogen) atoms. The second kappa shape index (κ2) is 2.90. The number of rotatable bonds is 1. The van der Waals surface area contributed by atoms with Crippen LogP contribution in [0.5, 0.6) is 0 Å². The van der Waals surface area contributed by atoms with Crippen molar-refractivity contribution in [3.63, 3.8) is 0 Å². The summed E-state index contributed by atoms with van der Waals surface area (Å²) in [6, 6.07) is 2.00. The van der Waals surface area contributed by atoms with E-state index >= 15 is 0 Å². The van der Waals surface area contributed by atoms with Crippen LogP contribution in [0.1, 0.15) is 30.9 Å². The number of aliphatic hydroxyl groups is 1. The lowest BCUT2D eigenvalue weighted by Gasteiger charge is -2.10. The van der Waals surface area contributed by atoms with E-state index in [2.05, 4.69) is 5.10 Å². The molecule has 0 aliphatic heterocycles. The van der Waals surface area contributed by atoms with E-state index < -0.39 is 0 Å². The van der Waals surface area contributed by atoms with Crippen molar-refractivity contribution in [2.75, 3.05) is 0 Å². The second-order valence-electron chi connectivity index (χ2n) is 3.52. The molecule has 1 aliphatic carbocycles. The molecule has 1 heterocycles. The largest absolute Gasteiger partial charge is 0.392 e. The maximum Gasteiger partial charge on any atom is 0.0681 e. The van der Waals surface area contributed by atoms with Crippen molar-refractivity contribution in [3.8, 4) is 0 Å². The molecule has 0 radical (unpaired) electrons. The summed E-state index contributed by atoms with van der Waals surface area (Å²) in [6.07, 6.45) is 4.90. The summed E-state index contributed by atoms with van der Waals surface area (Å²) < 4.78 is 1.79. The molecule has 0 aromatic carbocycles. The predicted octanol–water partition coefficient (Wildman–Crippen LogP) is 1.05. The molecule has 0 bridgehead atoms. The van der Waals surface area contributed by atoms with E-state index in [0.29, 0.717) is 0 Å². The predicted molar refractivity (Wildman–Crippen MR) is 45.8 cm³/mol. The zero-order valence-corrected chi connectivity index (χ0v) is 7.27. The standard InChI is InChI=1S/C9H14N2O/c1-11-6-5-8(10-11)7-3-2-4-9(7)12/h5-7,9,12H,2-4H2,1H3/t7-,9+/m0/s1. The lowest BCUT2D eigenvalue weighted by Crippen LogP contribution is -2.11. The second-order valence-corrected chi connectivity index (χ2v) is 3.52. The van der Waals surface area contributed by atoms with E-state index in [1.165, 1.54) is 0 Å². The third-order valence-corrected chi connectivity index (χ3v) is 2.59. The summed E-state index contributed by atoms with van der Waals surface area (Å²) in [4.78, 5) is 0.